The van der Waals surface area contributed by atoms with Crippen molar-refractivity contribution in [2.24, 2.45) is 0 Å². The highest BCUT2D eigenvalue weighted by Gasteiger charge is 2.18. The normalized spacial score (nSPS) is 11.9. The second kappa shape index (κ2) is 8.22. The number of halogens is 1. The van der Waals surface area contributed by atoms with E-state index in [0.717, 1.165) is 16.8 Å². The maximum Gasteiger partial charge on any atom is 0.260 e. The molecule has 1 unspecified atom stereocenters. The van der Waals surface area contributed by atoms with Gasteiger partial charge in [-0.25, -0.2) is 9.67 Å². The van der Waals surface area contributed by atoms with Gasteiger partial charge in [-0.3, -0.25) is 4.79 Å². The summed E-state index contributed by atoms with van der Waals surface area (Å²) in [5, 5.41) is 4.75. The molecule has 0 aliphatic carbocycles. The number of likely N-dealkylation sites (N-methyl/N-ethyl adjacent to an activating group) is 1. The van der Waals surface area contributed by atoms with Crippen molar-refractivity contribution in [3.05, 3.63) is 71.3 Å². The Kier molecular flexibility index (Phi) is 5.76. The van der Waals surface area contributed by atoms with E-state index in [0.29, 0.717) is 10.8 Å². The highest BCUT2D eigenvalue weighted by molar-refractivity contribution is 6.30. The molecule has 3 aromatic rings. The van der Waals surface area contributed by atoms with Gasteiger partial charge in [0, 0.05) is 12.1 Å². The molecule has 3 rings (SSSR count). The predicted molar refractivity (Wildman–Crippen MR) is 104 cm³/mol. The third-order valence-corrected chi connectivity index (χ3v) is 4.76. The molecule has 1 aromatic heterocycles. The minimum absolute atomic E-state index is 0.0274. The Morgan fingerprint density at radius 3 is 2.63 bits per heavy atom. The topological polar surface area (TPSA) is 60.2 Å². The van der Waals surface area contributed by atoms with Crippen molar-refractivity contribution >= 4 is 17.5 Å². The molecule has 27 heavy (non-hydrogen) atoms. The zero-order valence-electron chi connectivity index (χ0n) is 15.5. The minimum atomic E-state index is -0.0998. The van der Waals surface area contributed by atoms with Crippen LogP contribution in [0.5, 0.6) is 5.75 Å². The van der Waals surface area contributed by atoms with Crippen molar-refractivity contribution < 1.29 is 9.53 Å². The zero-order valence-corrected chi connectivity index (χ0v) is 16.2. The molecule has 0 bridgehead atoms. The van der Waals surface area contributed by atoms with E-state index >= 15 is 0 Å². The van der Waals surface area contributed by atoms with Crippen molar-refractivity contribution in [2.45, 2.75) is 19.9 Å². The van der Waals surface area contributed by atoms with Gasteiger partial charge < -0.3 is 9.64 Å². The number of amides is 1. The van der Waals surface area contributed by atoms with Gasteiger partial charge >= 0.3 is 0 Å². The fourth-order valence-electron chi connectivity index (χ4n) is 2.70. The van der Waals surface area contributed by atoms with Crippen LogP contribution >= 0.6 is 11.6 Å². The molecule has 0 aliphatic rings. The van der Waals surface area contributed by atoms with Crippen LogP contribution in [0.4, 0.5) is 0 Å². The molecule has 0 N–H and O–H groups in total. The van der Waals surface area contributed by atoms with Crippen LogP contribution in [-0.2, 0) is 4.79 Å². The first-order valence-electron chi connectivity index (χ1n) is 8.55. The van der Waals surface area contributed by atoms with Crippen LogP contribution in [0, 0.1) is 6.92 Å². The minimum Gasteiger partial charge on any atom is -0.483 e. The second-order valence-corrected chi connectivity index (χ2v) is 6.75. The highest BCUT2D eigenvalue weighted by atomic mass is 35.5. The van der Waals surface area contributed by atoms with E-state index in [1.165, 1.54) is 6.33 Å². The van der Waals surface area contributed by atoms with Gasteiger partial charge in [0.05, 0.1) is 11.7 Å². The summed E-state index contributed by atoms with van der Waals surface area (Å²) in [4.78, 5) is 18.1. The molecule has 0 saturated heterocycles. The molecule has 1 heterocycles. The quantitative estimate of drug-likeness (QED) is 0.648. The molecule has 2 aromatic carbocycles. The van der Waals surface area contributed by atoms with Crippen LogP contribution in [0.2, 0.25) is 5.02 Å². The van der Waals surface area contributed by atoms with E-state index in [9.17, 15) is 4.79 Å². The Balaban J connectivity index is 1.62. The summed E-state index contributed by atoms with van der Waals surface area (Å²) in [5.41, 5.74) is 2.84. The second-order valence-electron chi connectivity index (χ2n) is 6.31. The first kappa shape index (κ1) is 18.9. The van der Waals surface area contributed by atoms with Crippen LogP contribution in [0.3, 0.4) is 0 Å². The molecular weight excluding hydrogens is 364 g/mol. The Bertz CT molecular complexity index is 910. The number of ether oxygens (including phenoxy) is 1. The number of carbonyl (C=O) groups excluding carboxylic acids is 1. The summed E-state index contributed by atoms with van der Waals surface area (Å²) >= 11 is 5.94. The lowest BCUT2D eigenvalue weighted by Gasteiger charge is -2.25. The largest absolute Gasteiger partial charge is 0.483 e. The van der Waals surface area contributed by atoms with E-state index < -0.39 is 0 Å². The van der Waals surface area contributed by atoms with Crippen LogP contribution < -0.4 is 4.74 Å². The van der Waals surface area contributed by atoms with Crippen LogP contribution in [0.15, 0.2) is 55.1 Å². The summed E-state index contributed by atoms with van der Waals surface area (Å²) in [6.45, 7) is 3.85. The molecule has 7 heteroatoms. The molecule has 0 fully saturated rings. The van der Waals surface area contributed by atoms with E-state index in [4.69, 9.17) is 16.3 Å². The lowest BCUT2D eigenvalue weighted by atomic mass is 10.1. The van der Waals surface area contributed by atoms with Gasteiger partial charge in [-0.15, -0.1) is 0 Å². The summed E-state index contributed by atoms with van der Waals surface area (Å²) in [6.07, 6.45) is 3.13. The standard InChI is InChI=1S/C20H21ClN4O2/c1-14-10-17(21)6-9-19(14)27-11-20(26)24(3)15(2)16-4-7-18(8-5-16)25-13-22-12-23-25/h4-10,12-13,15H,11H2,1-3H3. The van der Waals surface area contributed by atoms with Gasteiger partial charge in [-0.2, -0.15) is 5.10 Å². The van der Waals surface area contributed by atoms with Crippen LogP contribution in [0.25, 0.3) is 5.69 Å². The third-order valence-electron chi connectivity index (χ3n) is 4.52. The number of hydrogen-bond acceptors (Lipinski definition) is 4. The average molecular weight is 385 g/mol. The number of aryl methyl sites for hydroxylation is 1. The molecule has 140 valence electrons. The Labute approximate surface area is 163 Å². The predicted octanol–water partition coefficient (Wildman–Crippen LogP) is 3.83. The highest BCUT2D eigenvalue weighted by Crippen LogP contribution is 2.23. The third kappa shape index (κ3) is 4.46. The first-order valence-corrected chi connectivity index (χ1v) is 8.93. The van der Waals surface area contributed by atoms with Crippen molar-refractivity contribution in [1.82, 2.24) is 19.7 Å². The van der Waals surface area contributed by atoms with Gasteiger partial charge in [0.1, 0.15) is 18.4 Å². The van der Waals surface area contributed by atoms with E-state index in [-0.39, 0.29) is 18.6 Å². The fraction of sp³-hybridized carbons (Fsp3) is 0.250. The van der Waals surface area contributed by atoms with Gasteiger partial charge in [-0.1, -0.05) is 23.7 Å². The molecule has 0 saturated carbocycles. The zero-order chi connectivity index (χ0) is 19.4. The summed E-state index contributed by atoms with van der Waals surface area (Å²) in [6, 6.07) is 13.1. The number of rotatable bonds is 6. The number of nitrogens with zero attached hydrogens (tertiary/aromatic N) is 4. The molecule has 0 spiro atoms. The Morgan fingerprint density at radius 1 is 1.26 bits per heavy atom. The van der Waals surface area contributed by atoms with Crippen LogP contribution in [-0.4, -0.2) is 39.2 Å². The Hall–Kier alpha value is -2.86. The van der Waals surface area contributed by atoms with Crippen molar-refractivity contribution in [2.75, 3.05) is 13.7 Å². The van der Waals surface area contributed by atoms with Crippen molar-refractivity contribution in [3.63, 3.8) is 0 Å². The number of aromatic nitrogens is 3. The van der Waals surface area contributed by atoms with Gasteiger partial charge in [0.15, 0.2) is 6.61 Å². The van der Waals surface area contributed by atoms with Gasteiger partial charge in [0.25, 0.3) is 5.91 Å². The molecular formula is C20H21ClN4O2. The van der Waals surface area contributed by atoms with Crippen molar-refractivity contribution in [3.8, 4) is 11.4 Å². The number of carbonyl (C=O) groups is 1. The SMILES string of the molecule is Cc1cc(Cl)ccc1OCC(=O)N(C)C(C)c1ccc(-n2cncn2)cc1. The van der Waals surface area contributed by atoms with E-state index in [2.05, 4.69) is 10.1 Å². The Morgan fingerprint density at radius 2 is 2.00 bits per heavy atom. The van der Waals surface area contributed by atoms with E-state index in [1.54, 1.807) is 35.1 Å². The molecule has 1 amide bonds. The lowest BCUT2D eigenvalue weighted by molar-refractivity contribution is -0.134. The summed E-state index contributed by atoms with van der Waals surface area (Å²) in [7, 11) is 1.77. The van der Waals surface area contributed by atoms with Crippen molar-refractivity contribution in [1.29, 1.82) is 0 Å². The number of benzene rings is 2. The van der Waals surface area contributed by atoms with Gasteiger partial charge in [0.2, 0.25) is 0 Å². The molecule has 0 radical (unpaired) electrons. The van der Waals surface area contributed by atoms with E-state index in [1.807, 2.05) is 44.2 Å². The number of hydrogen-bond donors (Lipinski definition) is 0. The first-order chi connectivity index (χ1) is 13.0. The summed E-state index contributed by atoms with van der Waals surface area (Å²) in [5.74, 6) is 0.559. The monoisotopic (exact) mass is 384 g/mol. The fourth-order valence-corrected chi connectivity index (χ4v) is 2.93. The molecule has 1 atom stereocenters. The van der Waals surface area contributed by atoms with Gasteiger partial charge in [-0.05, 0) is 55.3 Å². The summed E-state index contributed by atoms with van der Waals surface area (Å²) < 4.78 is 7.35. The average Bonchev–Trinajstić information content (AvgIpc) is 3.21. The smallest absolute Gasteiger partial charge is 0.260 e. The maximum absolute atomic E-state index is 12.5. The molecule has 6 nitrogen and oxygen atoms in total. The van der Waals surface area contributed by atoms with Crippen LogP contribution in [0.1, 0.15) is 24.1 Å². The molecule has 0 aliphatic heterocycles. The maximum atomic E-state index is 12.5. The lowest BCUT2D eigenvalue weighted by Crippen LogP contribution is -2.33.